The molecule has 0 radical (unpaired) electrons. The van der Waals surface area contributed by atoms with Gasteiger partial charge in [-0.15, -0.1) is 6.58 Å². The van der Waals surface area contributed by atoms with E-state index in [1.807, 2.05) is 30.1 Å². The first kappa shape index (κ1) is 9.00. The summed E-state index contributed by atoms with van der Waals surface area (Å²) in [5.74, 6) is 0. The summed E-state index contributed by atoms with van der Waals surface area (Å²) in [6, 6.07) is 2.03. The Balaban J connectivity index is 2.56. The molecule has 0 amide bonds. The second-order valence-corrected chi connectivity index (χ2v) is 2.65. The van der Waals surface area contributed by atoms with Gasteiger partial charge in [0.05, 0.1) is 5.69 Å². The fourth-order valence-electron chi connectivity index (χ4n) is 1.11. The van der Waals surface area contributed by atoms with Crippen LogP contribution in [0.2, 0.25) is 0 Å². The van der Waals surface area contributed by atoms with Crippen LogP contribution in [0.1, 0.15) is 12.1 Å². The van der Waals surface area contributed by atoms with Gasteiger partial charge in [-0.25, -0.2) is 0 Å². The molecule has 0 aliphatic carbocycles. The largest absolute Gasteiger partial charge is 0.314 e. The van der Waals surface area contributed by atoms with Gasteiger partial charge in [-0.3, -0.25) is 4.68 Å². The SMILES string of the molecule is C=CCCn1nccc1CNC. The number of hydrogen-bond donors (Lipinski definition) is 1. The highest BCUT2D eigenvalue weighted by atomic mass is 15.3. The minimum absolute atomic E-state index is 0.872. The lowest BCUT2D eigenvalue weighted by Crippen LogP contribution is -2.12. The number of rotatable bonds is 5. The van der Waals surface area contributed by atoms with E-state index >= 15 is 0 Å². The van der Waals surface area contributed by atoms with Gasteiger partial charge in [0.2, 0.25) is 0 Å². The Kier molecular flexibility index (Phi) is 3.54. The van der Waals surface area contributed by atoms with Crippen LogP contribution in [0.4, 0.5) is 0 Å². The van der Waals surface area contributed by atoms with Gasteiger partial charge < -0.3 is 5.32 Å². The first-order valence-corrected chi connectivity index (χ1v) is 4.14. The van der Waals surface area contributed by atoms with Crippen molar-refractivity contribution in [3.05, 3.63) is 30.6 Å². The molecule has 0 fully saturated rings. The topological polar surface area (TPSA) is 29.9 Å². The third-order valence-electron chi connectivity index (χ3n) is 1.71. The van der Waals surface area contributed by atoms with Gasteiger partial charge in [0.1, 0.15) is 0 Å². The van der Waals surface area contributed by atoms with E-state index in [1.54, 1.807) is 0 Å². The van der Waals surface area contributed by atoms with Crippen LogP contribution in [0, 0.1) is 0 Å². The smallest absolute Gasteiger partial charge is 0.0522 e. The molecular formula is C9H15N3. The first-order chi connectivity index (χ1) is 5.88. The van der Waals surface area contributed by atoms with E-state index in [1.165, 1.54) is 5.69 Å². The third-order valence-corrected chi connectivity index (χ3v) is 1.71. The van der Waals surface area contributed by atoms with Crippen molar-refractivity contribution >= 4 is 0 Å². The Morgan fingerprint density at radius 3 is 3.25 bits per heavy atom. The molecule has 0 aromatic carbocycles. The van der Waals surface area contributed by atoms with Gasteiger partial charge in [-0.1, -0.05) is 6.08 Å². The van der Waals surface area contributed by atoms with E-state index in [0.29, 0.717) is 0 Å². The summed E-state index contributed by atoms with van der Waals surface area (Å²) in [6.45, 7) is 5.48. The average molecular weight is 165 g/mol. The zero-order chi connectivity index (χ0) is 8.81. The molecule has 0 aliphatic rings. The standard InChI is InChI=1S/C9H15N3/c1-3-4-7-12-9(8-10-2)5-6-11-12/h3,5-6,10H,1,4,7-8H2,2H3. The molecule has 0 saturated heterocycles. The maximum atomic E-state index is 4.20. The Hall–Kier alpha value is -1.09. The molecule has 1 heterocycles. The van der Waals surface area contributed by atoms with Crippen LogP contribution in [-0.2, 0) is 13.1 Å². The summed E-state index contributed by atoms with van der Waals surface area (Å²) >= 11 is 0. The van der Waals surface area contributed by atoms with Crippen molar-refractivity contribution in [1.82, 2.24) is 15.1 Å². The molecule has 1 aromatic rings. The van der Waals surface area contributed by atoms with Crippen LogP contribution in [0.25, 0.3) is 0 Å². The maximum absolute atomic E-state index is 4.20. The van der Waals surface area contributed by atoms with Crippen LogP contribution < -0.4 is 5.32 Å². The van der Waals surface area contributed by atoms with Gasteiger partial charge in [-0.2, -0.15) is 5.10 Å². The Bertz CT molecular complexity index is 240. The molecule has 1 N–H and O–H groups in total. The molecule has 12 heavy (non-hydrogen) atoms. The summed E-state index contributed by atoms with van der Waals surface area (Å²) in [7, 11) is 1.94. The summed E-state index contributed by atoms with van der Waals surface area (Å²) in [5, 5.41) is 7.30. The van der Waals surface area contributed by atoms with Crippen molar-refractivity contribution in [2.24, 2.45) is 0 Å². The van der Waals surface area contributed by atoms with E-state index in [9.17, 15) is 0 Å². The minimum atomic E-state index is 0.872. The Morgan fingerprint density at radius 1 is 1.75 bits per heavy atom. The third kappa shape index (κ3) is 2.20. The Labute approximate surface area is 73.1 Å². The summed E-state index contributed by atoms with van der Waals surface area (Å²) in [5.41, 5.74) is 1.22. The normalized spacial score (nSPS) is 10.1. The average Bonchev–Trinajstić information content (AvgIpc) is 2.50. The number of allylic oxidation sites excluding steroid dienone is 1. The predicted octanol–water partition coefficient (Wildman–Crippen LogP) is 1.18. The summed E-state index contributed by atoms with van der Waals surface area (Å²) in [4.78, 5) is 0. The van der Waals surface area contributed by atoms with Crippen LogP contribution >= 0.6 is 0 Å². The molecule has 1 aromatic heterocycles. The van der Waals surface area contributed by atoms with Gasteiger partial charge in [-0.05, 0) is 19.5 Å². The molecule has 0 aliphatic heterocycles. The van der Waals surface area contributed by atoms with Crippen molar-refractivity contribution in [2.75, 3.05) is 7.05 Å². The number of hydrogen-bond acceptors (Lipinski definition) is 2. The fraction of sp³-hybridized carbons (Fsp3) is 0.444. The van der Waals surface area contributed by atoms with E-state index in [4.69, 9.17) is 0 Å². The molecule has 0 spiro atoms. The lowest BCUT2D eigenvalue weighted by atomic mass is 10.4. The molecule has 0 atom stereocenters. The maximum Gasteiger partial charge on any atom is 0.0522 e. The van der Waals surface area contributed by atoms with Crippen molar-refractivity contribution in [2.45, 2.75) is 19.5 Å². The monoisotopic (exact) mass is 165 g/mol. The van der Waals surface area contributed by atoms with Gasteiger partial charge in [0, 0.05) is 19.3 Å². The molecule has 1 rings (SSSR count). The van der Waals surface area contributed by atoms with Crippen LogP contribution in [0.5, 0.6) is 0 Å². The Morgan fingerprint density at radius 2 is 2.58 bits per heavy atom. The van der Waals surface area contributed by atoms with Crippen LogP contribution in [-0.4, -0.2) is 16.8 Å². The molecule has 3 heteroatoms. The fourth-order valence-corrected chi connectivity index (χ4v) is 1.11. The minimum Gasteiger partial charge on any atom is -0.314 e. The van der Waals surface area contributed by atoms with Crippen molar-refractivity contribution in [1.29, 1.82) is 0 Å². The van der Waals surface area contributed by atoms with Gasteiger partial charge in [0.25, 0.3) is 0 Å². The molecule has 0 unspecified atom stereocenters. The first-order valence-electron chi connectivity index (χ1n) is 4.14. The second kappa shape index (κ2) is 4.72. The van der Waals surface area contributed by atoms with E-state index < -0.39 is 0 Å². The zero-order valence-corrected chi connectivity index (χ0v) is 7.45. The molecule has 0 bridgehead atoms. The quantitative estimate of drug-likeness (QED) is 0.664. The van der Waals surface area contributed by atoms with Crippen molar-refractivity contribution in [3.63, 3.8) is 0 Å². The van der Waals surface area contributed by atoms with Crippen LogP contribution in [0.15, 0.2) is 24.9 Å². The van der Waals surface area contributed by atoms with Crippen molar-refractivity contribution < 1.29 is 0 Å². The van der Waals surface area contributed by atoms with E-state index in [2.05, 4.69) is 17.0 Å². The highest BCUT2D eigenvalue weighted by Crippen LogP contribution is 1.99. The van der Waals surface area contributed by atoms with E-state index in [0.717, 1.165) is 19.5 Å². The predicted molar refractivity (Wildman–Crippen MR) is 49.8 cm³/mol. The van der Waals surface area contributed by atoms with Gasteiger partial charge in [0.15, 0.2) is 0 Å². The summed E-state index contributed by atoms with van der Waals surface area (Å²) in [6.07, 6.45) is 4.71. The molecular weight excluding hydrogens is 150 g/mol. The summed E-state index contributed by atoms with van der Waals surface area (Å²) < 4.78 is 2.00. The molecule has 66 valence electrons. The number of aryl methyl sites for hydroxylation is 1. The number of aromatic nitrogens is 2. The highest BCUT2D eigenvalue weighted by Gasteiger charge is 1.98. The number of nitrogens with zero attached hydrogens (tertiary/aromatic N) is 2. The lowest BCUT2D eigenvalue weighted by molar-refractivity contribution is 0.578. The zero-order valence-electron chi connectivity index (χ0n) is 7.45. The number of nitrogens with one attached hydrogen (secondary N) is 1. The highest BCUT2D eigenvalue weighted by molar-refractivity contribution is 4.99. The van der Waals surface area contributed by atoms with Crippen LogP contribution in [0.3, 0.4) is 0 Å². The molecule has 3 nitrogen and oxygen atoms in total. The lowest BCUT2D eigenvalue weighted by Gasteiger charge is -2.04. The molecule has 0 saturated carbocycles. The second-order valence-electron chi connectivity index (χ2n) is 2.65. The van der Waals surface area contributed by atoms with Crippen molar-refractivity contribution in [3.8, 4) is 0 Å². The van der Waals surface area contributed by atoms with E-state index in [-0.39, 0.29) is 0 Å². The van der Waals surface area contributed by atoms with Gasteiger partial charge >= 0.3 is 0 Å².